The second kappa shape index (κ2) is 14.2. The maximum absolute atomic E-state index is 5.27. The van der Waals surface area contributed by atoms with E-state index in [1.807, 2.05) is 0 Å². The minimum atomic E-state index is 0. The van der Waals surface area contributed by atoms with E-state index in [1.54, 1.807) is 0 Å². The summed E-state index contributed by atoms with van der Waals surface area (Å²) < 4.78 is 0. The standard InChI is InChI=1S/C36H45N4.CH3.Pt/c1-9-21-22(10-2)30-18-32-25(13-5)26(14-6)34(39-32)20-36-28(16-8)27(15-7)35(40-36)19-33-24(12-4)23(11-3)31(38-33)17-29(21)37-30;;/h17-20,37H,9-16H2,1-8H3;1H3;/q2*-1;+2. The Morgan fingerprint density at radius 3 is 1.07 bits per heavy atom. The van der Waals surface area contributed by atoms with Crippen LogP contribution in [0.2, 0.25) is 0 Å². The van der Waals surface area contributed by atoms with Crippen molar-refractivity contribution < 1.29 is 21.1 Å². The molecule has 0 aliphatic carbocycles. The monoisotopic (exact) mass is 743 g/mol. The van der Waals surface area contributed by atoms with Gasteiger partial charge in [-0.05, 0) is 96.9 Å². The molecule has 0 unspecified atom stereocenters. The van der Waals surface area contributed by atoms with Crippen molar-refractivity contribution in [2.45, 2.75) is 107 Å². The van der Waals surface area contributed by atoms with Crippen LogP contribution in [-0.4, -0.2) is 15.0 Å². The second-order valence-electron chi connectivity index (χ2n) is 10.8. The molecule has 0 saturated heterocycles. The first kappa shape index (κ1) is 33.8. The first-order valence-electron chi connectivity index (χ1n) is 15.6. The Morgan fingerprint density at radius 1 is 0.476 bits per heavy atom. The number of allylic oxidation sites excluding steroid dienone is 4. The first-order valence-corrected chi connectivity index (χ1v) is 15.6. The first-order chi connectivity index (χ1) is 19.5. The van der Waals surface area contributed by atoms with Gasteiger partial charge in [-0.2, -0.15) is 0 Å². The van der Waals surface area contributed by atoms with Crippen molar-refractivity contribution in [3.05, 3.63) is 76.7 Å². The van der Waals surface area contributed by atoms with Crippen molar-refractivity contribution in [3.8, 4) is 0 Å². The third kappa shape index (κ3) is 5.64. The minimum Gasteiger partial charge on any atom is -0.657 e. The van der Waals surface area contributed by atoms with Gasteiger partial charge >= 0.3 is 21.1 Å². The van der Waals surface area contributed by atoms with Gasteiger partial charge in [-0.15, -0.1) is 11.0 Å². The number of aromatic nitrogens is 4. The molecule has 8 bridgehead atoms. The molecule has 5 heteroatoms. The van der Waals surface area contributed by atoms with Crippen LogP contribution < -0.4 is 4.98 Å². The molecule has 2 aliphatic heterocycles. The van der Waals surface area contributed by atoms with Crippen LogP contribution in [0.5, 0.6) is 0 Å². The average molecular weight is 744 g/mol. The molecule has 2 aliphatic rings. The zero-order valence-electron chi connectivity index (χ0n) is 27.1. The summed E-state index contributed by atoms with van der Waals surface area (Å²) >= 11 is 0. The molecular formula is C37H48N4Pt. The largest absolute Gasteiger partial charge is 2.00 e. The molecule has 0 fully saturated rings. The topological polar surface area (TPSA) is 55.7 Å². The number of fused-ring (bicyclic) bond motifs is 8. The molecule has 0 aromatic carbocycles. The summed E-state index contributed by atoms with van der Waals surface area (Å²) in [7, 11) is 0. The van der Waals surface area contributed by atoms with Crippen molar-refractivity contribution >= 4 is 44.4 Å². The third-order valence-corrected chi connectivity index (χ3v) is 8.89. The fourth-order valence-electron chi connectivity index (χ4n) is 7.01. The van der Waals surface area contributed by atoms with Crippen LogP contribution in [0.25, 0.3) is 44.4 Å². The molecule has 4 nitrogen and oxygen atoms in total. The van der Waals surface area contributed by atoms with Crippen LogP contribution in [0, 0.1) is 7.43 Å². The van der Waals surface area contributed by atoms with Crippen LogP contribution >= 0.6 is 0 Å². The van der Waals surface area contributed by atoms with E-state index in [2.05, 4.69) is 84.6 Å². The molecule has 0 radical (unpaired) electrons. The number of hydrogen-bond donors (Lipinski definition) is 1. The SMILES string of the molecule is CCC1=C(CC)c2cc3[nH]c(cc4nc(cc5[n-]c(cc1n2)c(CC)c5CC)C(CC)=C4CC)c(CC)c3CC.[CH3-].[Pt+2]. The molecular weight excluding hydrogens is 696 g/mol. The Balaban J connectivity index is 0.00000242. The molecule has 226 valence electrons. The van der Waals surface area contributed by atoms with Gasteiger partial charge in [-0.25, -0.2) is 9.97 Å². The van der Waals surface area contributed by atoms with E-state index >= 15 is 0 Å². The van der Waals surface area contributed by atoms with Gasteiger partial charge in [0.2, 0.25) is 0 Å². The maximum Gasteiger partial charge on any atom is 2.00 e. The summed E-state index contributed by atoms with van der Waals surface area (Å²) in [5, 5.41) is 0. The number of rotatable bonds is 8. The van der Waals surface area contributed by atoms with Gasteiger partial charge < -0.3 is 17.4 Å². The van der Waals surface area contributed by atoms with Gasteiger partial charge in [0.1, 0.15) is 0 Å². The molecule has 1 N–H and O–H groups in total. The molecule has 3 aromatic rings. The van der Waals surface area contributed by atoms with Crippen LogP contribution in [0.3, 0.4) is 0 Å². The smallest absolute Gasteiger partial charge is 0.657 e. The van der Waals surface area contributed by atoms with Crippen LogP contribution in [0.15, 0.2) is 24.3 Å². The van der Waals surface area contributed by atoms with E-state index in [0.717, 1.165) is 85.2 Å². The summed E-state index contributed by atoms with van der Waals surface area (Å²) in [5.74, 6) is 0. The number of H-pyrrole nitrogens is 1. The second-order valence-corrected chi connectivity index (χ2v) is 10.8. The van der Waals surface area contributed by atoms with Crippen LogP contribution in [0.4, 0.5) is 0 Å². The fraction of sp³-hybridized carbons (Fsp3) is 0.432. The summed E-state index contributed by atoms with van der Waals surface area (Å²) in [4.78, 5) is 19.6. The van der Waals surface area contributed by atoms with Gasteiger partial charge in [0.25, 0.3) is 0 Å². The van der Waals surface area contributed by atoms with Gasteiger partial charge in [0.05, 0.1) is 22.8 Å². The van der Waals surface area contributed by atoms with E-state index < -0.39 is 0 Å². The summed E-state index contributed by atoms with van der Waals surface area (Å²) in [5.41, 5.74) is 19.7. The van der Waals surface area contributed by atoms with E-state index in [0.29, 0.717) is 0 Å². The number of nitrogens with one attached hydrogen (secondary N) is 1. The zero-order chi connectivity index (χ0) is 28.6. The predicted octanol–water partition coefficient (Wildman–Crippen LogP) is 10.1. The van der Waals surface area contributed by atoms with Crippen molar-refractivity contribution in [2.75, 3.05) is 0 Å². The van der Waals surface area contributed by atoms with Crippen molar-refractivity contribution in [2.24, 2.45) is 0 Å². The van der Waals surface area contributed by atoms with Gasteiger partial charge in [-0.1, -0.05) is 78.6 Å². The molecule has 0 saturated carbocycles. The Morgan fingerprint density at radius 2 is 0.786 bits per heavy atom. The summed E-state index contributed by atoms with van der Waals surface area (Å²) in [6.45, 7) is 18.0. The molecule has 3 aromatic heterocycles. The molecule has 0 atom stereocenters. The number of aromatic amines is 1. The van der Waals surface area contributed by atoms with E-state index in [-0.39, 0.29) is 28.5 Å². The maximum atomic E-state index is 5.27. The molecule has 0 amide bonds. The normalized spacial score (nSPS) is 13.0. The van der Waals surface area contributed by atoms with Crippen LogP contribution in [0.1, 0.15) is 126 Å². The molecule has 0 spiro atoms. The van der Waals surface area contributed by atoms with Crippen molar-refractivity contribution in [3.63, 3.8) is 0 Å². The molecule has 5 rings (SSSR count). The molecule has 5 heterocycles. The van der Waals surface area contributed by atoms with Crippen molar-refractivity contribution in [1.82, 2.24) is 19.9 Å². The summed E-state index contributed by atoms with van der Waals surface area (Å²) in [6, 6.07) is 9.11. The van der Waals surface area contributed by atoms with Gasteiger partial charge in [0.15, 0.2) is 0 Å². The van der Waals surface area contributed by atoms with Crippen LogP contribution in [-0.2, 0) is 46.7 Å². The van der Waals surface area contributed by atoms with Gasteiger partial charge in [0, 0.05) is 11.0 Å². The number of nitrogens with zero attached hydrogens (tertiary/aromatic N) is 3. The summed E-state index contributed by atoms with van der Waals surface area (Å²) in [6.07, 6.45) is 7.72. The fourth-order valence-corrected chi connectivity index (χ4v) is 7.01. The average Bonchev–Trinajstić information content (AvgIpc) is 3.67. The number of hydrogen-bond acceptors (Lipinski definition) is 2. The van der Waals surface area contributed by atoms with Crippen molar-refractivity contribution in [1.29, 1.82) is 0 Å². The minimum absolute atomic E-state index is 0. The Labute approximate surface area is 267 Å². The number of aryl methyl sites for hydroxylation is 4. The van der Waals surface area contributed by atoms with E-state index in [1.165, 1.54) is 55.6 Å². The Kier molecular flexibility index (Phi) is 11.4. The van der Waals surface area contributed by atoms with E-state index in [9.17, 15) is 0 Å². The quantitative estimate of drug-likeness (QED) is 0.234. The van der Waals surface area contributed by atoms with E-state index in [4.69, 9.17) is 15.0 Å². The predicted molar refractivity (Wildman–Crippen MR) is 179 cm³/mol. The Hall–Kier alpha value is -2.71. The van der Waals surface area contributed by atoms with Gasteiger partial charge in [-0.3, -0.25) is 0 Å². The Bertz CT molecular complexity index is 1440. The third-order valence-electron chi connectivity index (χ3n) is 8.89. The zero-order valence-corrected chi connectivity index (χ0v) is 29.4. The molecule has 42 heavy (non-hydrogen) atoms.